The molecule has 0 bridgehead atoms. The monoisotopic (exact) mass is 313 g/mol. The van der Waals surface area contributed by atoms with Crippen LogP contribution < -0.4 is 5.32 Å². The van der Waals surface area contributed by atoms with Crippen LogP contribution in [0, 0.1) is 0 Å². The first kappa shape index (κ1) is 15.9. The van der Waals surface area contributed by atoms with Gasteiger partial charge in [0.15, 0.2) is 0 Å². The van der Waals surface area contributed by atoms with Gasteiger partial charge < -0.3 is 15.2 Å². The molecular formula is C18H23N3O2. The molecule has 3 rings (SSSR count). The van der Waals surface area contributed by atoms with Crippen molar-refractivity contribution in [3.63, 3.8) is 0 Å². The Morgan fingerprint density at radius 1 is 1.22 bits per heavy atom. The van der Waals surface area contributed by atoms with E-state index in [4.69, 9.17) is 4.74 Å². The number of fused-ring (bicyclic) bond motifs is 1. The van der Waals surface area contributed by atoms with Gasteiger partial charge in [0.1, 0.15) is 5.82 Å². The summed E-state index contributed by atoms with van der Waals surface area (Å²) in [5.74, 6) is 0.998. The Kier molecular flexibility index (Phi) is 4.59. The average molecular weight is 313 g/mol. The van der Waals surface area contributed by atoms with E-state index in [9.17, 15) is 5.11 Å². The maximum Gasteiger partial charge on any atom is 0.129 e. The Morgan fingerprint density at radius 3 is 2.87 bits per heavy atom. The molecule has 23 heavy (non-hydrogen) atoms. The molecule has 0 aromatic carbocycles. The van der Waals surface area contributed by atoms with E-state index >= 15 is 0 Å². The second-order valence-electron chi connectivity index (χ2n) is 6.65. The highest BCUT2D eigenvalue weighted by atomic mass is 16.5. The number of pyridine rings is 2. The van der Waals surface area contributed by atoms with Crippen LogP contribution in [-0.2, 0) is 17.8 Å². The summed E-state index contributed by atoms with van der Waals surface area (Å²) < 4.78 is 5.55. The molecule has 0 saturated carbocycles. The molecular weight excluding hydrogens is 290 g/mol. The first-order chi connectivity index (χ1) is 11.0. The van der Waals surface area contributed by atoms with E-state index in [-0.39, 0.29) is 0 Å². The minimum atomic E-state index is -0.819. The van der Waals surface area contributed by atoms with Crippen molar-refractivity contribution in [3.05, 3.63) is 41.9 Å². The normalized spacial score (nSPS) is 14.2. The molecule has 1 aliphatic rings. The Morgan fingerprint density at radius 2 is 2.04 bits per heavy atom. The SMILES string of the molecule is CC(C)(O)COCc1cncc(-c2cnc3c(c2)CCCN3)c1. The average Bonchev–Trinajstić information content (AvgIpc) is 2.53. The summed E-state index contributed by atoms with van der Waals surface area (Å²) in [7, 11) is 0. The molecule has 3 heterocycles. The van der Waals surface area contributed by atoms with Crippen LogP contribution in [0.2, 0.25) is 0 Å². The molecule has 5 nitrogen and oxygen atoms in total. The predicted octanol–water partition coefficient (Wildman–Crippen LogP) is 2.79. The summed E-state index contributed by atoms with van der Waals surface area (Å²) in [6, 6.07) is 4.25. The van der Waals surface area contributed by atoms with Gasteiger partial charge in [-0.15, -0.1) is 0 Å². The standard InChI is InChI=1S/C18H23N3O2/c1-18(2,22)12-23-11-13-6-15(9-19-8-13)16-7-14-4-3-5-20-17(14)21-10-16/h6-10,22H,3-5,11-12H2,1-2H3,(H,20,21). The van der Waals surface area contributed by atoms with E-state index in [0.29, 0.717) is 13.2 Å². The Bertz CT molecular complexity index is 680. The van der Waals surface area contributed by atoms with Gasteiger partial charge in [-0.2, -0.15) is 0 Å². The Labute approximate surface area is 136 Å². The lowest BCUT2D eigenvalue weighted by Crippen LogP contribution is -2.25. The zero-order valence-electron chi connectivity index (χ0n) is 13.7. The second-order valence-corrected chi connectivity index (χ2v) is 6.65. The van der Waals surface area contributed by atoms with Crippen molar-refractivity contribution < 1.29 is 9.84 Å². The van der Waals surface area contributed by atoms with Gasteiger partial charge >= 0.3 is 0 Å². The molecule has 0 spiro atoms. The summed E-state index contributed by atoms with van der Waals surface area (Å²) in [6.45, 7) is 5.19. The number of aliphatic hydroxyl groups is 1. The van der Waals surface area contributed by atoms with Crippen LogP contribution in [0.1, 0.15) is 31.4 Å². The Hall–Kier alpha value is -1.98. The second kappa shape index (κ2) is 6.64. The van der Waals surface area contributed by atoms with E-state index in [0.717, 1.165) is 41.9 Å². The smallest absolute Gasteiger partial charge is 0.129 e. The zero-order chi connectivity index (χ0) is 16.3. The highest BCUT2D eigenvalue weighted by Crippen LogP contribution is 2.26. The summed E-state index contributed by atoms with van der Waals surface area (Å²) in [5, 5.41) is 13.0. The third-order valence-corrected chi connectivity index (χ3v) is 3.73. The molecule has 0 aliphatic carbocycles. The highest BCUT2D eigenvalue weighted by molar-refractivity contribution is 5.66. The lowest BCUT2D eigenvalue weighted by atomic mass is 10.0. The third kappa shape index (κ3) is 4.27. The summed E-state index contributed by atoms with van der Waals surface area (Å²) in [4.78, 5) is 8.82. The predicted molar refractivity (Wildman–Crippen MR) is 90.2 cm³/mol. The number of aromatic nitrogens is 2. The maximum absolute atomic E-state index is 9.69. The number of aryl methyl sites for hydroxylation is 1. The van der Waals surface area contributed by atoms with Crippen molar-refractivity contribution in [2.75, 3.05) is 18.5 Å². The van der Waals surface area contributed by atoms with Crippen molar-refractivity contribution in [1.29, 1.82) is 0 Å². The van der Waals surface area contributed by atoms with E-state index in [1.54, 1.807) is 20.0 Å². The molecule has 0 amide bonds. The van der Waals surface area contributed by atoms with Crippen molar-refractivity contribution in [2.24, 2.45) is 0 Å². The minimum absolute atomic E-state index is 0.295. The first-order valence-corrected chi connectivity index (χ1v) is 7.98. The van der Waals surface area contributed by atoms with Gasteiger partial charge in [0.2, 0.25) is 0 Å². The minimum Gasteiger partial charge on any atom is -0.388 e. The molecule has 122 valence electrons. The van der Waals surface area contributed by atoms with Gasteiger partial charge in [-0.3, -0.25) is 4.98 Å². The molecule has 0 radical (unpaired) electrons. The number of ether oxygens (including phenoxy) is 1. The van der Waals surface area contributed by atoms with Crippen LogP contribution in [0.15, 0.2) is 30.7 Å². The van der Waals surface area contributed by atoms with Crippen LogP contribution in [0.25, 0.3) is 11.1 Å². The van der Waals surface area contributed by atoms with Crippen LogP contribution in [0.3, 0.4) is 0 Å². The van der Waals surface area contributed by atoms with E-state index < -0.39 is 5.60 Å². The number of anilines is 1. The molecule has 0 fully saturated rings. The summed E-state index contributed by atoms with van der Waals surface area (Å²) in [6.07, 6.45) is 7.72. The van der Waals surface area contributed by atoms with Crippen LogP contribution in [-0.4, -0.2) is 33.8 Å². The van der Waals surface area contributed by atoms with Gasteiger partial charge in [0.05, 0.1) is 18.8 Å². The molecule has 0 saturated heterocycles. The number of hydrogen-bond donors (Lipinski definition) is 2. The number of nitrogens with zero attached hydrogens (tertiary/aromatic N) is 2. The van der Waals surface area contributed by atoms with Crippen molar-refractivity contribution >= 4 is 5.82 Å². The maximum atomic E-state index is 9.69. The number of nitrogens with one attached hydrogen (secondary N) is 1. The van der Waals surface area contributed by atoms with Crippen LogP contribution >= 0.6 is 0 Å². The largest absolute Gasteiger partial charge is 0.388 e. The quantitative estimate of drug-likeness (QED) is 0.888. The number of hydrogen-bond acceptors (Lipinski definition) is 5. The number of rotatable bonds is 5. The fraction of sp³-hybridized carbons (Fsp3) is 0.444. The third-order valence-electron chi connectivity index (χ3n) is 3.73. The van der Waals surface area contributed by atoms with E-state index in [1.807, 2.05) is 12.4 Å². The molecule has 2 aromatic rings. The molecule has 0 unspecified atom stereocenters. The van der Waals surface area contributed by atoms with E-state index in [2.05, 4.69) is 27.4 Å². The lowest BCUT2D eigenvalue weighted by Gasteiger charge is -2.18. The van der Waals surface area contributed by atoms with Gasteiger partial charge in [-0.05, 0) is 49.9 Å². The van der Waals surface area contributed by atoms with Crippen molar-refractivity contribution in [1.82, 2.24) is 9.97 Å². The van der Waals surface area contributed by atoms with E-state index in [1.165, 1.54) is 5.56 Å². The van der Waals surface area contributed by atoms with Crippen molar-refractivity contribution in [2.45, 2.75) is 38.9 Å². The van der Waals surface area contributed by atoms with Gasteiger partial charge in [-0.1, -0.05) is 0 Å². The van der Waals surface area contributed by atoms with Gasteiger partial charge in [0, 0.05) is 36.3 Å². The highest BCUT2D eigenvalue weighted by Gasteiger charge is 2.13. The molecule has 2 N–H and O–H groups in total. The fourth-order valence-electron chi connectivity index (χ4n) is 2.65. The van der Waals surface area contributed by atoms with Crippen molar-refractivity contribution in [3.8, 4) is 11.1 Å². The van der Waals surface area contributed by atoms with Gasteiger partial charge in [-0.25, -0.2) is 4.98 Å². The summed E-state index contributed by atoms with van der Waals surface area (Å²) >= 11 is 0. The van der Waals surface area contributed by atoms with Crippen LogP contribution in [0.5, 0.6) is 0 Å². The first-order valence-electron chi connectivity index (χ1n) is 7.98. The van der Waals surface area contributed by atoms with Crippen LogP contribution in [0.4, 0.5) is 5.82 Å². The molecule has 1 aliphatic heterocycles. The molecule has 5 heteroatoms. The molecule has 2 aromatic heterocycles. The van der Waals surface area contributed by atoms with Gasteiger partial charge in [0.25, 0.3) is 0 Å². The topological polar surface area (TPSA) is 67.3 Å². The Balaban J connectivity index is 1.74. The lowest BCUT2D eigenvalue weighted by molar-refractivity contribution is -0.0269. The summed E-state index contributed by atoms with van der Waals surface area (Å²) in [5.41, 5.74) is 3.54. The zero-order valence-corrected chi connectivity index (χ0v) is 13.7. The molecule has 0 atom stereocenters. The fourth-order valence-corrected chi connectivity index (χ4v) is 2.65.